The van der Waals surface area contributed by atoms with Gasteiger partial charge in [-0.05, 0) is 56.0 Å². The van der Waals surface area contributed by atoms with E-state index in [2.05, 4.69) is 10.6 Å². The number of dihydropyridines is 1. The molecule has 0 saturated heterocycles. The number of ether oxygens (including phenoxy) is 3. The van der Waals surface area contributed by atoms with Crippen molar-refractivity contribution in [1.82, 2.24) is 10.6 Å². The second-order valence-corrected chi connectivity index (χ2v) is 14.6. The van der Waals surface area contributed by atoms with Gasteiger partial charge in [-0.15, -0.1) is 0 Å². The summed E-state index contributed by atoms with van der Waals surface area (Å²) in [6.07, 6.45) is 3.12. The van der Waals surface area contributed by atoms with E-state index in [-0.39, 0.29) is 50.7 Å². The molecule has 2 unspecified atom stereocenters. The van der Waals surface area contributed by atoms with E-state index in [1.807, 2.05) is 13.8 Å². The highest BCUT2D eigenvalue weighted by Gasteiger charge is 2.40. The van der Waals surface area contributed by atoms with Crippen molar-refractivity contribution in [3.63, 3.8) is 0 Å². The Morgan fingerprint density at radius 3 is 2.18 bits per heavy atom. The van der Waals surface area contributed by atoms with E-state index >= 15 is 0 Å². The lowest BCUT2D eigenvalue weighted by Gasteiger charge is -2.32. The van der Waals surface area contributed by atoms with Gasteiger partial charge in [-0.3, -0.25) is 9.88 Å². The number of allylic oxidation sites excluding steroid dienone is 1. The maximum atomic E-state index is 14.4. The van der Waals surface area contributed by atoms with Crippen LogP contribution in [0.5, 0.6) is 0 Å². The number of rotatable bonds is 20. The van der Waals surface area contributed by atoms with Crippen LogP contribution in [0.4, 0.5) is 0 Å². The lowest BCUT2D eigenvalue weighted by molar-refractivity contribution is -0.139. The minimum atomic E-state index is -3.77. The van der Waals surface area contributed by atoms with Crippen LogP contribution in [-0.2, 0) is 37.4 Å². The van der Waals surface area contributed by atoms with Crippen LogP contribution in [0.1, 0.15) is 76.2 Å². The molecule has 270 valence electrons. The number of carbonyl (C=O) groups excluding carboxylic acids is 2. The van der Waals surface area contributed by atoms with Crippen LogP contribution in [0, 0.1) is 0 Å². The number of methoxy groups -OCH3 is 1. The maximum Gasteiger partial charge on any atom is 0.352 e. The van der Waals surface area contributed by atoms with Gasteiger partial charge in [0.05, 0.1) is 62.9 Å². The van der Waals surface area contributed by atoms with Crippen LogP contribution < -0.4 is 10.6 Å². The molecule has 10 nitrogen and oxygen atoms in total. The molecule has 2 aromatic carbocycles. The molecule has 1 aliphatic heterocycles. The Bertz CT molecular complexity index is 1540. The summed E-state index contributed by atoms with van der Waals surface area (Å²) >= 11 is 19.4. The molecule has 0 spiro atoms. The van der Waals surface area contributed by atoms with E-state index in [1.54, 1.807) is 56.3 Å². The van der Waals surface area contributed by atoms with Crippen LogP contribution in [0.25, 0.3) is 0 Å². The summed E-state index contributed by atoms with van der Waals surface area (Å²) in [7, 11) is -2.50. The van der Waals surface area contributed by atoms with Crippen LogP contribution in [-0.4, -0.2) is 58.6 Å². The van der Waals surface area contributed by atoms with Crippen molar-refractivity contribution in [1.29, 1.82) is 0 Å². The van der Waals surface area contributed by atoms with Crippen molar-refractivity contribution in [2.45, 2.75) is 65.1 Å². The minimum Gasteiger partial charge on any atom is -0.466 e. The number of unbranched alkanes of at least 4 members (excludes halogenated alkanes) is 2. The first-order valence-electron chi connectivity index (χ1n) is 16.4. The van der Waals surface area contributed by atoms with Crippen LogP contribution >= 0.6 is 42.4 Å². The van der Waals surface area contributed by atoms with Crippen LogP contribution in [0.15, 0.2) is 65.0 Å². The van der Waals surface area contributed by atoms with Crippen molar-refractivity contribution in [3.8, 4) is 0 Å². The number of hydrogen-bond acceptors (Lipinski definition) is 10. The van der Waals surface area contributed by atoms with Gasteiger partial charge in [-0.1, -0.05) is 85.8 Å². The number of halogens is 3. The Labute approximate surface area is 304 Å². The molecule has 1 heterocycles. The van der Waals surface area contributed by atoms with Gasteiger partial charge >= 0.3 is 19.5 Å². The van der Waals surface area contributed by atoms with Gasteiger partial charge in [-0.2, -0.15) is 0 Å². The highest BCUT2D eigenvalue weighted by molar-refractivity contribution is 7.54. The average Bonchev–Trinajstić information content (AvgIpc) is 3.06. The molecule has 0 aliphatic carbocycles. The molecule has 1 aliphatic rings. The normalized spacial score (nSPS) is 15.6. The predicted molar refractivity (Wildman–Crippen MR) is 193 cm³/mol. The van der Waals surface area contributed by atoms with E-state index in [1.165, 1.54) is 7.11 Å². The monoisotopic (exact) mass is 758 g/mol. The molecular weight excluding hydrogens is 714 g/mol. The molecule has 2 aromatic rings. The Morgan fingerprint density at radius 1 is 0.918 bits per heavy atom. The third-order valence-electron chi connectivity index (χ3n) is 7.70. The van der Waals surface area contributed by atoms with Crippen molar-refractivity contribution in [3.05, 3.63) is 91.2 Å². The first-order valence-corrected chi connectivity index (χ1v) is 19.1. The topological polar surface area (TPSA) is 121 Å². The zero-order valence-corrected chi connectivity index (χ0v) is 31.8. The fraction of sp³-hybridized carbons (Fsp3) is 0.486. The molecule has 0 saturated carbocycles. The number of carbonyl (C=O) groups is 2. The van der Waals surface area contributed by atoms with E-state index < -0.39 is 31.2 Å². The zero-order chi connectivity index (χ0) is 36.0. The SMILES string of the molecule is CCCCOP(=O)(OCCCC)C(NCCOCC1=C(C(=O)OCC)C(c2ccccc2Cl)C(C(=O)OC)=C(C)N1)c1ccc(Cl)cc1Cl. The van der Waals surface area contributed by atoms with Crippen molar-refractivity contribution < 1.29 is 37.4 Å². The van der Waals surface area contributed by atoms with Gasteiger partial charge in [0, 0.05) is 27.3 Å². The summed E-state index contributed by atoms with van der Waals surface area (Å²) in [5.41, 5.74) is 2.35. The smallest absolute Gasteiger partial charge is 0.352 e. The summed E-state index contributed by atoms with van der Waals surface area (Å²) in [5.74, 6) is -3.02. The summed E-state index contributed by atoms with van der Waals surface area (Å²) in [6.45, 7) is 8.35. The third kappa shape index (κ3) is 11.0. The first-order chi connectivity index (χ1) is 23.5. The number of esters is 2. The molecule has 0 fully saturated rings. The molecule has 2 atom stereocenters. The van der Waals surface area contributed by atoms with Crippen molar-refractivity contribution in [2.75, 3.05) is 46.7 Å². The molecular formula is C35H46Cl3N2O8P. The quantitative estimate of drug-likeness (QED) is 0.0770. The fourth-order valence-electron chi connectivity index (χ4n) is 5.28. The Balaban J connectivity index is 1.90. The van der Waals surface area contributed by atoms with Gasteiger partial charge < -0.3 is 28.6 Å². The van der Waals surface area contributed by atoms with Gasteiger partial charge in [0.2, 0.25) is 0 Å². The molecule has 0 aromatic heterocycles. The van der Waals surface area contributed by atoms with Gasteiger partial charge in [0.15, 0.2) is 0 Å². The predicted octanol–water partition coefficient (Wildman–Crippen LogP) is 8.73. The molecule has 14 heteroatoms. The second-order valence-electron chi connectivity index (χ2n) is 11.2. The van der Waals surface area contributed by atoms with Gasteiger partial charge in [0.1, 0.15) is 5.78 Å². The summed E-state index contributed by atoms with van der Waals surface area (Å²) in [5, 5.41) is 7.56. The number of benzene rings is 2. The van der Waals surface area contributed by atoms with E-state index in [0.717, 1.165) is 12.8 Å². The minimum absolute atomic E-state index is 0.0490. The molecule has 0 radical (unpaired) electrons. The van der Waals surface area contributed by atoms with Crippen molar-refractivity contribution in [2.24, 2.45) is 0 Å². The second kappa shape index (κ2) is 20.4. The molecule has 3 rings (SSSR count). The number of nitrogens with one attached hydrogen (secondary N) is 2. The van der Waals surface area contributed by atoms with Crippen molar-refractivity contribution >= 4 is 54.3 Å². The van der Waals surface area contributed by atoms with E-state index in [9.17, 15) is 14.2 Å². The first kappa shape index (κ1) is 41.0. The highest BCUT2D eigenvalue weighted by atomic mass is 35.5. The molecule has 49 heavy (non-hydrogen) atoms. The van der Waals surface area contributed by atoms with Crippen LogP contribution in [0.2, 0.25) is 15.1 Å². The van der Waals surface area contributed by atoms with E-state index in [0.29, 0.717) is 50.4 Å². The lowest BCUT2D eigenvalue weighted by atomic mass is 9.80. The highest BCUT2D eigenvalue weighted by Crippen LogP contribution is 2.61. The van der Waals surface area contributed by atoms with Gasteiger partial charge in [0.25, 0.3) is 0 Å². The molecule has 0 bridgehead atoms. The summed E-state index contributed by atoms with van der Waals surface area (Å²) in [4.78, 5) is 26.5. The van der Waals surface area contributed by atoms with Crippen LogP contribution in [0.3, 0.4) is 0 Å². The Kier molecular flexibility index (Phi) is 17.1. The summed E-state index contributed by atoms with van der Waals surface area (Å²) in [6, 6.07) is 11.9. The largest absolute Gasteiger partial charge is 0.466 e. The van der Waals surface area contributed by atoms with E-state index in [4.69, 9.17) is 58.1 Å². The Morgan fingerprint density at radius 2 is 1.59 bits per heavy atom. The Hall–Kier alpha value is -2.40. The zero-order valence-electron chi connectivity index (χ0n) is 28.6. The lowest BCUT2D eigenvalue weighted by Crippen LogP contribution is -2.35. The molecule has 0 amide bonds. The maximum absolute atomic E-state index is 14.4. The van der Waals surface area contributed by atoms with Gasteiger partial charge in [-0.25, -0.2) is 9.59 Å². The standard InChI is InChI=1S/C35H46Cl3N2O8P/c1-6-9-18-47-49(43,48-19-10-7-2)33(26-16-15-24(36)21-28(26)38)39-17-20-45-22-29-32(35(42)46-8-3)31(25-13-11-12-14-27(25)37)30(23(4)40-29)34(41)44-5/h11-16,21,31,33,39-40H,6-10,17-20,22H2,1-5H3. The third-order valence-corrected chi connectivity index (χ3v) is 10.8. The number of hydrogen-bond donors (Lipinski definition) is 2. The molecule has 2 N–H and O–H groups in total. The fourth-order valence-corrected chi connectivity index (χ4v) is 8.17. The average molecular weight is 760 g/mol. The summed E-state index contributed by atoms with van der Waals surface area (Å²) < 4.78 is 42.9.